The Labute approximate surface area is 224 Å². The first-order chi connectivity index (χ1) is 18.1. The van der Waals surface area contributed by atoms with Gasteiger partial charge in [-0.1, -0.05) is 25.1 Å². The number of para-hydroxylation sites is 1. The Morgan fingerprint density at radius 3 is 2.39 bits per heavy atom. The highest BCUT2D eigenvalue weighted by atomic mass is 16.5. The Balaban J connectivity index is 1.89. The van der Waals surface area contributed by atoms with E-state index in [-0.39, 0.29) is 43.0 Å². The predicted octanol–water partition coefficient (Wildman–Crippen LogP) is 3.22. The lowest BCUT2D eigenvalue weighted by molar-refractivity contribution is -0.136. The van der Waals surface area contributed by atoms with Gasteiger partial charge in [0.2, 0.25) is 5.91 Å². The van der Waals surface area contributed by atoms with E-state index in [1.54, 1.807) is 49.4 Å². The molecular formula is C28H39N5O5. The summed E-state index contributed by atoms with van der Waals surface area (Å²) in [5.41, 5.74) is 1.49. The van der Waals surface area contributed by atoms with Crippen LogP contribution in [0.25, 0.3) is 0 Å². The lowest BCUT2D eigenvalue weighted by Crippen LogP contribution is -2.50. The molecule has 10 nitrogen and oxygen atoms in total. The van der Waals surface area contributed by atoms with Crippen LogP contribution >= 0.6 is 0 Å². The minimum absolute atomic E-state index is 0.0116. The summed E-state index contributed by atoms with van der Waals surface area (Å²) >= 11 is 0. The number of hydrogen-bond donors (Lipinski definition) is 2. The minimum Gasteiger partial charge on any atom is -0.491 e. The summed E-state index contributed by atoms with van der Waals surface area (Å²) in [4.78, 5) is 44.3. The van der Waals surface area contributed by atoms with Gasteiger partial charge < -0.3 is 34.8 Å². The molecule has 0 saturated heterocycles. The number of fused-ring (bicyclic) bond motifs is 1. The standard InChI is InChI=1S/C28H39N5O5/c1-19-15-33(26(34)17-31(3)4)20(2)18-38-24-14-22(30-28(36)29-21-10-8-7-9-11-21)12-13-23(24)27(35)32(5)16-25(19)37-6/h7-14,19-20,25H,15-18H2,1-6H3,(H2,29,30,36)/t19-,20+,25-/m0/s1. The van der Waals surface area contributed by atoms with E-state index in [0.717, 1.165) is 0 Å². The summed E-state index contributed by atoms with van der Waals surface area (Å²) in [6, 6.07) is 13.4. The Morgan fingerprint density at radius 1 is 1.05 bits per heavy atom. The van der Waals surface area contributed by atoms with E-state index in [1.165, 1.54) is 0 Å². The summed E-state index contributed by atoms with van der Waals surface area (Å²) in [6.45, 7) is 5.21. The quantitative estimate of drug-likeness (QED) is 0.621. The number of urea groups is 1. The highest BCUT2D eigenvalue weighted by Gasteiger charge is 2.30. The lowest BCUT2D eigenvalue weighted by Gasteiger charge is -2.36. The summed E-state index contributed by atoms with van der Waals surface area (Å²) in [5, 5.41) is 5.56. The molecule has 0 bridgehead atoms. The zero-order chi connectivity index (χ0) is 27.8. The van der Waals surface area contributed by atoms with Crippen molar-refractivity contribution in [2.24, 2.45) is 5.92 Å². The summed E-state index contributed by atoms with van der Waals surface area (Å²) in [7, 11) is 7.05. The van der Waals surface area contributed by atoms with Crippen molar-refractivity contribution in [3.8, 4) is 5.75 Å². The smallest absolute Gasteiger partial charge is 0.323 e. The minimum atomic E-state index is -0.418. The average molecular weight is 526 g/mol. The molecule has 0 fully saturated rings. The van der Waals surface area contributed by atoms with Gasteiger partial charge in [0.25, 0.3) is 5.91 Å². The number of nitrogens with zero attached hydrogens (tertiary/aromatic N) is 3. The van der Waals surface area contributed by atoms with E-state index in [9.17, 15) is 14.4 Å². The van der Waals surface area contributed by atoms with E-state index in [1.807, 2.05) is 55.9 Å². The molecule has 1 aliphatic rings. The second-order valence-electron chi connectivity index (χ2n) is 10.0. The zero-order valence-electron chi connectivity index (χ0n) is 23.1. The Kier molecular flexibility index (Phi) is 10.1. The number of amides is 4. The Hall–Kier alpha value is -3.63. The van der Waals surface area contributed by atoms with Gasteiger partial charge in [-0.05, 0) is 45.3 Å². The number of rotatable bonds is 5. The topological polar surface area (TPSA) is 103 Å². The molecule has 2 N–H and O–H groups in total. The van der Waals surface area contributed by atoms with Crippen LogP contribution in [0.1, 0.15) is 24.2 Å². The summed E-state index contributed by atoms with van der Waals surface area (Å²) in [5.74, 6) is 0.0806. The van der Waals surface area contributed by atoms with Crippen LogP contribution in [-0.4, -0.2) is 99.2 Å². The van der Waals surface area contributed by atoms with Gasteiger partial charge in [0.05, 0.1) is 24.3 Å². The maximum Gasteiger partial charge on any atom is 0.323 e. The number of carbonyl (C=O) groups excluding carboxylic acids is 3. The maximum atomic E-state index is 13.4. The van der Waals surface area contributed by atoms with Gasteiger partial charge in [-0.15, -0.1) is 0 Å². The number of ether oxygens (including phenoxy) is 2. The van der Waals surface area contributed by atoms with E-state index >= 15 is 0 Å². The summed E-state index contributed by atoms with van der Waals surface area (Å²) in [6.07, 6.45) is -0.266. The summed E-state index contributed by atoms with van der Waals surface area (Å²) < 4.78 is 11.9. The van der Waals surface area contributed by atoms with Gasteiger partial charge in [-0.2, -0.15) is 0 Å². The Morgan fingerprint density at radius 2 is 1.74 bits per heavy atom. The lowest BCUT2D eigenvalue weighted by atomic mass is 10.0. The third-order valence-electron chi connectivity index (χ3n) is 6.51. The molecule has 1 heterocycles. The molecule has 0 aliphatic carbocycles. The van der Waals surface area contributed by atoms with Crippen molar-refractivity contribution in [2.45, 2.75) is 26.0 Å². The van der Waals surface area contributed by atoms with Crippen molar-refractivity contribution in [3.63, 3.8) is 0 Å². The van der Waals surface area contributed by atoms with Gasteiger partial charge in [0.15, 0.2) is 0 Å². The van der Waals surface area contributed by atoms with Crippen molar-refractivity contribution >= 4 is 29.2 Å². The number of hydrogen-bond acceptors (Lipinski definition) is 6. The molecule has 0 aromatic heterocycles. The molecule has 38 heavy (non-hydrogen) atoms. The molecule has 1 aliphatic heterocycles. The zero-order valence-corrected chi connectivity index (χ0v) is 23.1. The van der Waals surface area contributed by atoms with Crippen LogP contribution in [0.3, 0.4) is 0 Å². The molecule has 206 valence electrons. The van der Waals surface area contributed by atoms with E-state index < -0.39 is 6.03 Å². The van der Waals surface area contributed by atoms with Crippen molar-refractivity contribution in [3.05, 3.63) is 54.1 Å². The number of likely N-dealkylation sites (N-methyl/N-ethyl adjacent to an activating group) is 2. The molecule has 0 unspecified atom stereocenters. The van der Waals surface area contributed by atoms with Gasteiger partial charge in [0, 0.05) is 50.6 Å². The fourth-order valence-electron chi connectivity index (χ4n) is 4.37. The molecular weight excluding hydrogens is 486 g/mol. The van der Waals surface area contributed by atoms with Crippen LogP contribution in [0.2, 0.25) is 0 Å². The van der Waals surface area contributed by atoms with Crippen LogP contribution in [-0.2, 0) is 9.53 Å². The fourth-order valence-corrected chi connectivity index (χ4v) is 4.37. The van der Waals surface area contributed by atoms with Crippen LogP contribution in [0.15, 0.2) is 48.5 Å². The number of benzene rings is 2. The second kappa shape index (κ2) is 13.3. The number of anilines is 2. The SMILES string of the molecule is CO[C@H]1CN(C)C(=O)c2ccc(NC(=O)Nc3ccccc3)cc2OC[C@@H](C)N(C(=O)CN(C)C)C[C@@H]1C. The van der Waals surface area contributed by atoms with E-state index in [0.29, 0.717) is 35.8 Å². The predicted molar refractivity (Wildman–Crippen MR) is 148 cm³/mol. The second-order valence-corrected chi connectivity index (χ2v) is 10.0. The average Bonchev–Trinajstić information content (AvgIpc) is 2.87. The fraction of sp³-hybridized carbons (Fsp3) is 0.464. The van der Waals surface area contributed by atoms with Crippen LogP contribution < -0.4 is 15.4 Å². The van der Waals surface area contributed by atoms with Gasteiger partial charge in [0.1, 0.15) is 12.4 Å². The molecule has 2 aromatic carbocycles. The number of carbonyl (C=O) groups is 3. The normalized spacial score (nSPS) is 20.6. The molecule has 2 aromatic rings. The van der Waals surface area contributed by atoms with Crippen molar-refractivity contribution in [1.29, 1.82) is 0 Å². The molecule has 3 rings (SSSR count). The van der Waals surface area contributed by atoms with Crippen LogP contribution in [0.5, 0.6) is 5.75 Å². The molecule has 0 spiro atoms. The van der Waals surface area contributed by atoms with E-state index in [4.69, 9.17) is 9.47 Å². The third-order valence-corrected chi connectivity index (χ3v) is 6.51. The molecule has 10 heteroatoms. The number of methoxy groups -OCH3 is 1. The van der Waals surface area contributed by atoms with E-state index in [2.05, 4.69) is 10.6 Å². The van der Waals surface area contributed by atoms with Crippen molar-refractivity contribution in [2.75, 3.05) is 65.1 Å². The maximum absolute atomic E-state index is 13.4. The first-order valence-electron chi connectivity index (χ1n) is 12.7. The molecule has 0 radical (unpaired) electrons. The van der Waals surface area contributed by atoms with Crippen LogP contribution in [0, 0.1) is 5.92 Å². The van der Waals surface area contributed by atoms with Gasteiger partial charge >= 0.3 is 6.03 Å². The monoisotopic (exact) mass is 525 g/mol. The number of nitrogens with one attached hydrogen (secondary N) is 2. The molecule has 0 saturated carbocycles. The van der Waals surface area contributed by atoms with Crippen molar-refractivity contribution in [1.82, 2.24) is 14.7 Å². The third kappa shape index (κ3) is 7.69. The highest BCUT2D eigenvalue weighted by molar-refractivity contribution is 6.01. The Bertz CT molecular complexity index is 1110. The molecule has 3 atom stereocenters. The molecule has 4 amide bonds. The van der Waals surface area contributed by atoms with Gasteiger partial charge in [-0.25, -0.2) is 4.79 Å². The first kappa shape index (κ1) is 28.9. The highest BCUT2D eigenvalue weighted by Crippen LogP contribution is 2.27. The first-order valence-corrected chi connectivity index (χ1v) is 12.7. The van der Waals surface area contributed by atoms with Crippen molar-refractivity contribution < 1.29 is 23.9 Å². The van der Waals surface area contributed by atoms with Gasteiger partial charge in [-0.3, -0.25) is 9.59 Å². The van der Waals surface area contributed by atoms with Crippen LogP contribution in [0.4, 0.5) is 16.2 Å². The largest absolute Gasteiger partial charge is 0.491 e.